The van der Waals surface area contributed by atoms with Gasteiger partial charge in [0, 0.05) is 25.2 Å². The van der Waals surface area contributed by atoms with Crippen LogP contribution in [0.2, 0.25) is 0 Å². The number of nitrogens with zero attached hydrogens (tertiary/aromatic N) is 3. The Morgan fingerprint density at radius 1 is 1.09 bits per heavy atom. The largest absolute Gasteiger partial charge is 0.456 e. The smallest absolute Gasteiger partial charge is 0.306 e. The summed E-state index contributed by atoms with van der Waals surface area (Å²) in [6.07, 6.45) is 2.83. The van der Waals surface area contributed by atoms with Gasteiger partial charge in [0.2, 0.25) is 0 Å². The number of unbranched alkanes of at least 4 members (excludes halogenated alkanes) is 1. The normalized spacial score (nSPS) is 12.7. The zero-order valence-corrected chi connectivity index (χ0v) is 18.3. The van der Waals surface area contributed by atoms with Gasteiger partial charge in [0.15, 0.2) is 6.61 Å². The maximum atomic E-state index is 12.9. The third-order valence-corrected chi connectivity index (χ3v) is 5.77. The second-order valence-electron chi connectivity index (χ2n) is 7.94. The molecule has 166 valence electrons. The molecule has 7 heteroatoms. The average molecular weight is 434 g/mol. The number of carbonyl (C=O) groups excluding carboxylic acids is 2. The van der Waals surface area contributed by atoms with Crippen molar-refractivity contribution < 1.29 is 14.3 Å². The number of benzene rings is 2. The predicted molar refractivity (Wildman–Crippen MR) is 123 cm³/mol. The lowest BCUT2D eigenvalue weighted by Crippen LogP contribution is -2.33. The standard InChI is InChI=1S/C25H27N3O4/c1-2-3-15-28-22-11-7-5-9-19(22)26-20(25(28)31)12-13-24(30)32-17-23(29)27-16-14-18-8-4-6-10-21(18)27/h4-11H,2-3,12-17H2,1H3. The average Bonchev–Trinajstić information content (AvgIpc) is 3.25. The fourth-order valence-electron chi connectivity index (χ4n) is 4.06. The lowest BCUT2D eigenvalue weighted by Gasteiger charge is -2.17. The van der Waals surface area contributed by atoms with Crippen LogP contribution in [0.5, 0.6) is 0 Å². The SMILES string of the molecule is CCCCn1c(=O)c(CCC(=O)OCC(=O)N2CCc3ccccc32)nc2ccccc21. The number of aromatic nitrogens is 2. The third kappa shape index (κ3) is 4.56. The molecule has 0 atom stereocenters. The molecule has 0 spiro atoms. The van der Waals surface area contributed by atoms with E-state index in [2.05, 4.69) is 11.9 Å². The summed E-state index contributed by atoms with van der Waals surface area (Å²) in [7, 11) is 0. The fourth-order valence-corrected chi connectivity index (χ4v) is 4.06. The Hall–Kier alpha value is -3.48. The lowest BCUT2D eigenvalue weighted by atomic mass is 10.2. The minimum Gasteiger partial charge on any atom is -0.456 e. The molecule has 0 saturated carbocycles. The van der Waals surface area contributed by atoms with Gasteiger partial charge in [0.1, 0.15) is 5.69 Å². The Morgan fingerprint density at radius 2 is 1.88 bits per heavy atom. The summed E-state index contributed by atoms with van der Waals surface area (Å²) in [5, 5.41) is 0. The first kappa shape index (κ1) is 21.7. The van der Waals surface area contributed by atoms with Crippen LogP contribution in [0, 0.1) is 0 Å². The highest BCUT2D eigenvalue weighted by atomic mass is 16.5. The highest BCUT2D eigenvalue weighted by molar-refractivity contribution is 5.97. The zero-order chi connectivity index (χ0) is 22.5. The van der Waals surface area contributed by atoms with E-state index in [0.29, 0.717) is 18.8 Å². The van der Waals surface area contributed by atoms with Gasteiger partial charge in [-0.2, -0.15) is 0 Å². The number of rotatable bonds is 8. The topological polar surface area (TPSA) is 81.5 Å². The summed E-state index contributed by atoms with van der Waals surface area (Å²) >= 11 is 0. The summed E-state index contributed by atoms with van der Waals surface area (Å²) in [6.45, 7) is 2.97. The molecule has 0 saturated heterocycles. The molecule has 0 unspecified atom stereocenters. The summed E-state index contributed by atoms with van der Waals surface area (Å²) in [6, 6.07) is 15.3. The van der Waals surface area contributed by atoms with Gasteiger partial charge in [-0.1, -0.05) is 43.7 Å². The molecular formula is C25H27N3O4. The molecule has 2 heterocycles. The van der Waals surface area contributed by atoms with E-state index in [0.717, 1.165) is 41.5 Å². The van der Waals surface area contributed by atoms with Gasteiger partial charge in [-0.3, -0.25) is 14.4 Å². The minimum absolute atomic E-state index is 0.00176. The van der Waals surface area contributed by atoms with Crippen molar-refractivity contribution in [1.29, 1.82) is 0 Å². The monoisotopic (exact) mass is 433 g/mol. The number of carbonyl (C=O) groups is 2. The van der Waals surface area contributed by atoms with E-state index in [1.807, 2.05) is 48.5 Å². The van der Waals surface area contributed by atoms with Gasteiger partial charge in [0.25, 0.3) is 11.5 Å². The van der Waals surface area contributed by atoms with Gasteiger partial charge in [-0.15, -0.1) is 0 Å². The number of aryl methyl sites for hydroxylation is 2. The van der Waals surface area contributed by atoms with Crippen molar-refractivity contribution in [3.8, 4) is 0 Å². The molecule has 7 nitrogen and oxygen atoms in total. The maximum absolute atomic E-state index is 12.9. The molecular weight excluding hydrogens is 406 g/mol. The van der Waals surface area contributed by atoms with Crippen LogP contribution in [0.25, 0.3) is 11.0 Å². The number of hydrogen-bond donors (Lipinski definition) is 0. The van der Waals surface area contributed by atoms with Crippen LogP contribution < -0.4 is 10.5 Å². The highest BCUT2D eigenvalue weighted by Gasteiger charge is 2.25. The van der Waals surface area contributed by atoms with Crippen molar-refractivity contribution in [2.75, 3.05) is 18.1 Å². The van der Waals surface area contributed by atoms with Gasteiger partial charge >= 0.3 is 5.97 Å². The van der Waals surface area contributed by atoms with Crippen LogP contribution in [0.4, 0.5) is 5.69 Å². The fraction of sp³-hybridized carbons (Fsp3) is 0.360. The van der Waals surface area contributed by atoms with Gasteiger partial charge in [-0.05, 0) is 36.6 Å². The molecule has 1 aromatic heterocycles. The number of amides is 1. The molecule has 0 N–H and O–H groups in total. The molecule has 0 fully saturated rings. The number of ether oxygens (including phenoxy) is 1. The molecule has 1 amide bonds. The summed E-state index contributed by atoms with van der Waals surface area (Å²) in [5.41, 5.74) is 3.70. The van der Waals surface area contributed by atoms with Crippen LogP contribution in [0.3, 0.4) is 0 Å². The molecule has 2 aromatic carbocycles. The maximum Gasteiger partial charge on any atom is 0.306 e. The Kier molecular flexibility index (Phi) is 6.63. The zero-order valence-electron chi connectivity index (χ0n) is 18.3. The first-order valence-electron chi connectivity index (χ1n) is 11.1. The molecule has 32 heavy (non-hydrogen) atoms. The van der Waals surface area contributed by atoms with Crippen molar-refractivity contribution in [3.63, 3.8) is 0 Å². The number of anilines is 1. The quantitative estimate of drug-likeness (QED) is 0.510. The van der Waals surface area contributed by atoms with Crippen molar-refractivity contribution in [2.24, 2.45) is 0 Å². The van der Waals surface area contributed by atoms with Crippen molar-refractivity contribution in [2.45, 2.75) is 45.6 Å². The highest BCUT2D eigenvalue weighted by Crippen LogP contribution is 2.27. The van der Waals surface area contributed by atoms with Crippen LogP contribution in [0.15, 0.2) is 53.3 Å². The Morgan fingerprint density at radius 3 is 2.72 bits per heavy atom. The van der Waals surface area contributed by atoms with Gasteiger partial charge in [0.05, 0.1) is 17.5 Å². The van der Waals surface area contributed by atoms with E-state index in [-0.39, 0.29) is 30.9 Å². The number of esters is 1. The summed E-state index contributed by atoms with van der Waals surface area (Å²) in [4.78, 5) is 43.9. The molecule has 0 aliphatic carbocycles. The van der Waals surface area contributed by atoms with Crippen molar-refractivity contribution in [3.05, 3.63) is 70.1 Å². The molecule has 0 radical (unpaired) electrons. The molecule has 0 bridgehead atoms. The Labute approximate surface area is 186 Å². The van der Waals surface area contributed by atoms with E-state index in [1.54, 1.807) is 9.47 Å². The third-order valence-electron chi connectivity index (χ3n) is 5.77. The lowest BCUT2D eigenvalue weighted by molar-refractivity contribution is -0.147. The first-order valence-corrected chi connectivity index (χ1v) is 11.1. The van der Waals surface area contributed by atoms with Crippen LogP contribution in [-0.2, 0) is 33.7 Å². The van der Waals surface area contributed by atoms with Crippen LogP contribution >= 0.6 is 0 Å². The van der Waals surface area contributed by atoms with Crippen LogP contribution in [0.1, 0.15) is 37.4 Å². The van der Waals surface area contributed by atoms with Crippen molar-refractivity contribution in [1.82, 2.24) is 9.55 Å². The summed E-state index contributed by atoms with van der Waals surface area (Å²) < 4.78 is 6.95. The molecule has 1 aliphatic rings. The Balaban J connectivity index is 1.38. The number of fused-ring (bicyclic) bond motifs is 2. The number of para-hydroxylation sites is 3. The van der Waals surface area contributed by atoms with Gasteiger partial charge < -0.3 is 14.2 Å². The second kappa shape index (κ2) is 9.77. The van der Waals surface area contributed by atoms with Crippen molar-refractivity contribution >= 4 is 28.6 Å². The molecule has 1 aliphatic heterocycles. The second-order valence-corrected chi connectivity index (χ2v) is 7.94. The van der Waals surface area contributed by atoms with E-state index in [9.17, 15) is 14.4 Å². The molecule has 4 rings (SSSR count). The summed E-state index contributed by atoms with van der Waals surface area (Å²) in [5.74, 6) is -0.755. The Bertz CT molecular complexity index is 1200. The number of hydrogen-bond acceptors (Lipinski definition) is 5. The predicted octanol–water partition coefficient (Wildman–Crippen LogP) is 3.26. The molecule has 3 aromatic rings. The first-order chi connectivity index (χ1) is 15.6. The van der Waals surface area contributed by atoms with Crippen LogP contribution in [-0.4, -0.2) is 34.6 Å². The van der Waals surface area contributed by atoms with Gasteiger partial charge in [-0.25, -0.2) is 4.98 Å². The van der Waals surface area contributed by atoms with E-state index in [4.69, 9.17) is 4.74 Å². The minimum atomic E-state index is -0.514. The van der Waals surface area contributed by atoms with E-state index >= 15 is 0 Å². The van der Waals surface area contributed by atoms with E-state index in [1.165, 1.54) is 0 Å². The van der Waals surface area contributed by atoms with E-state index < -0.39 is 5.97 Å².